The van der Waals surface area contributed by atoms with Crippen molar-refractivity contribution in [1.82, 2.24) is 4.31 Å². The first-order chi connectivity index (χ1) is 4.57. The number of ether oxygens (including phenoxy) is 1. The van der Waals surface area contributed by atoms with E-state index in [1.807, 2.05) is 0 Å². The molecule has 6 heteroatoms. The highest BCUT2D eigenvalue weighted by Crippen LogP contribution is 2.10. The van der Waals surface area contributed by atoms with E-state index in [1.165, 1.54) is 0 Å². The van der Waals surface area contributed by atoms with Gasteiger partial charge in [0.15, 0.2) is 0 Å². The highest BCUT2D eigenvalue weighted by atomic mass is 32.2. The maximum absolute atomic E-state index is 11.7. The number of amides is 1. The Bertz CT molecular complexity index is 151. The summed E-state index contributed by atoms with van der Waals surface area (Å²) in [5.41, 5.74) is 0. The summed E-state index contributed by atoms with van der Waals surface area (Å²) in [5.74, 6) is 0. The van der Waals surface area contributed by atoms with Gasteiger partial charge in [-0.25, -0.2) is 9.59 Å². The standard InChI is InChI=1S/C4H6FNO3S/c1-6(3(5)7)10-4(8)9-2/h1-2H3. The van der Waals surface area contributed by atoms with Gasteiger partial charge in [0.25, 0.3) is 0 Å². The van der Waals surface area contributed by atoms with E-state index >= 15 is 0 Å². The molecule has 58 valence electrons. The third kappa shape index (κ3) is 3.29. The van der Waals surface area contributed by atoms with Gasteiger partial charge < -0.3 is 4.74 Å². The number of nitrogens with zero attached hydrogens (tertiary/aromatic N) is 1. The third-order valence-corrected chi connectivity index (χ3v) is 1.36. The Morgan fingerprint density at radius 3 is 2.40 bits per heavy atom. The summed E-state index contributed by atoms with van der Waals surface area (Å²) in [6, 6.07) is 0. The largest absolute Gasteiger partial charge is 0.460 e. The summed E-state index contributed by atoms with van der Waals surface area (Å²) < 4.78 is 16.3. The Balaban J connectivity index is 3.68. The second-order valence-electron chi connectivity index (χ2n) is 1.30. The van der Waals surface area contributed by atoms with Gasteiger partial charge in [-0.2, -0.15) is 0 Å². The number of halogens is 1. The Morgan fingerprint density at radius 1 is 1.60 bits per heavy atom. The van der Waals surface area contributed by atoms with Crippen LogP contribution in [-0.4, -0.2) is 29.9 Å². The molecular formula is C4H6FNO3S. The molecule has 1 amide bonds. The monoisotopic (exact) mass is 167 g/mol. The molecule has 0 aliphatic heterocycles. The van der Waals surface area contributed by atoms with E-state index in [0.717, 1.165) is 14.2 Å². The topological polar surface area (TPSA) is 46.6 Å². The quantitative estimate of drug-likeness (QED) is 0.237. The SMILES string of the molecule is COC(=O)SN(C)C(=O)F. The fraction of sp³-hybridized carbons (Fsp3) is 0.500. The molecule has 0 spiro atoms. The first kappa shape index (κ1) is 9.22. The molecule has 0 saturated heterocycles. The Morgan fingerprint density at radius 2 is 2.10 bits per heavy atom. The van der Waals surface area contributed by atoms with Gasteiger partial charge in [0.05, 0.1) is 19.1 Å². The molecule has 0 heterocycles. The number of carbonyl (C=O) groups excluding carboxylic acids is 2. The lowest BCUT2D eigenvalue weighted by atomic mass is 11.2. The van der Waals surface area contributed by atoms with Gasteiger partial charge >= 0.3 is 11.5 Å². The molecule has 10 heavy (non-hydrogen) atoms. The molecule has 0 aromatic heterocycles. The Labute approximate surface area is 61.5 Å². The zero-order valence-corrected chi connectivity index (χ0v) is 6.27. The number of hydrogen-bond acceptors (Lipinski definition) is 4. The highest BCUT2D eigenvalue weighted by molar-refractivity contribution is 8.11. The molecule has 0 bridgehead atoms. The third-order valence-electron chi connectivity index (χ3n) is 0.626. The molecule has 0 atom stereocenters. The van der Waals surface area contributed by atoms with Crippen LogP contribution in [0.3, 0.4) is 0 Å². The lowest BCUT2D eigenvalue weighted by Crippen LogP contribution is -2.15. The molecule has 0 N–H and O–H groups in total. The minimum Gasteiger partial charge on any atom is -0.460 e. The van der Waals surface area contributed by atoms with Crippen LogP contribution < -0.4 is 0 Å². The van der Waals surface area contributed by atoms with Crippen molar-refractivity contribution < 1.29 is 18.7 Å². The second kappa shape index (κ2) is 4.10. The van der Waals surface area contributed by atoms with Crippen LogP contribution in [0.4, 0.5) is 14.0 Å². The van der Waals surface area contributed by atoms with Crippen molar-refractivity contribution in [3.63, 3.8) is 0 Å². The van der Waals surface area contributed by atoms with Crippen LogP contribution in [0.2, 0.25) is 0 Å². The molecule has 0 fully saturated rings. The lowest BCUT2D eigenvalue weighted by molar-refractivity contribution is 0.196. The van der Waals surface area contributed by atoms with Crippen molar-refractivity contribution in [2.24, 2.45) is 0 Å². The van der Waals surface area contributed by atoms with Gasteiger partial charge in [0.1, 0.15) is 0 Å². The number of hydrogen-bond donors (Lipinski definition) is 0. The maximum atomic E-state index is 11.7. The Kier molecular flexibility index (Phi) is 3.78. The van der Waals surface area contributed by atoms with Crippen molar-refractivity contribution in [2.45, 2.75) is 0 Å². The number of methoxy groups -OCH3 is 1. The van der Waals surface area contributed by atoms with Crippen LogP contribution in [-0.2, 0) is 4.74 Å². The van der Waals surface area contributed by atoms with E-state index < -0.39 is 11.5 Å². The van der Waals surface area contributed by atoms with E-state index in [9.17, 15) is 14.0 Å². The maximum Gasteiger partial charge on any atom is 0.410 e. The van der Waals surface area contributed by atoms with Crippen LogP contribution in [0.15, 0.2) is 0 Å². The van der Waals surface area contributed by atoms with Crippen molar-refractivity contribution in [1.29, 1.82) is 0 Å². The summed E-state index contributed by atoms with van der Waals surface area (Å²) in [6.07, 6.45) is -1.68. The molecular weight excluding hydrogens is 161 g/mol. The first-order valence-corrected chi connectivity index (χ1v) is 3.04. The summed E-state index contributed by atoms with van der Waals surface area (Å²) >= 11 is 0.355. The zero-order chi connectivity index (χ0) is 8.15. The van der Waals surface area contributed by atoms with Crippen LogP contribution in [0.25, 0.3) is 0 Å². The van der Waals surface area contributed by atoms with Crippen LogP contribution in [0.5, 0.6) is 0 Å². The van der Waals surface area contributed by atoms with E-state index in [2.05, 4.69) is 4.74 Å². The van der Waals surface area contributed by atoms with Crippen molar-refractivity contribution in [3.8, 4) is 0 Å². The van der Waals surface area contributed by atoms with E-state index in [-0.39, 0.29) is 0 Å². The van der Waals surface area contributed by atoms with E-state index in [4.69, 9.17) is 0 Å². The average Bonchev–Trinajstić information content (AvgIpc) is 1.87. The van der Waals surface area contributed by atoms with Gasteiger partial charge in [-0.15, -0.1) is 4.39 Å². The smallest absolute Gasteiger partial charge is 0.410 e. The van der Waals surface area contributed by atoms with Crippen molar-refractivity contribution in [2.75, 3.05) is 14.2 Å². The summed E-state index contributed by atoms with van der Waals surface area (Å²) in [4.78, 5) is 20.1. The minimum absolute atomic E-state index is 0.355. The van der Waals surface area contributed by atoms with Crippen molar-refractivity contribution >= 4 is 23.4 Å². The normalized spacial score (nSPS) is 8.70. The highest BCUT2D eigenvalue weighted by Gasteiger charge is 2.12. The summed E-state index contributed by atoms with van der Waals surface area (Å²) in [5, 5.41) is -0.728. The second-order valence-corrected chi connectivity index (χ2v) is 2.36. The van der Waals surface area contributed by atoms with Crippen LogP contribution in [0.1, 0.15) is 0 Å². The molecule has 0 aliphatic carbocycles. The minimum atomic E-state index is -1.68. The summed E-state index contributed by atoms with van der Waals surface area (Å²) in [7, 11) is 2.27. The molecule has 0 rings (SSSR count). The van der Waals surface area contributed by atoms with Crippen molar-refractivity contribution in [3.05, 3.63) is 0 Å². The molecule has 0 aromatic carbocycles. The molecule has 4 nitrogen and oxygen atoms in total. The molecule has 0 radical (unpaired) electrons. The predicted octanol–water partition coefficient (Wildman–Crippen LogP) is 1.42. The average molecular weight is 167 g/mol. The van der Waals surface area contributed by atoms with Gasteiger partial charge in [-0.1, -0.05) is 0 Å². The fourth-order valence-corrected chi connectivity index (χ4v) is 0.555. The fourth-order valence-electron chi connectivity index (χ4n) is 0.185. The number of carbonyl (C=O) groups is 2. The van der Waals surface area contributed by atoms with Gasteiger partial charge in [0.2, 0.25) is 0 Å². The molecule has 0 aliphatic rings. The van der Waals surface area contributed by atoms with Gasteiger partial charge in [-0.3, -0.25) is 4.31 Å². The molecule has 0 unspecified atom stereocenters. The number of rotatable bonds is 0. The van der Waals surface area contributed by atoms with Crippen LogP contribution >= 0.6 is 11.9 Å². The van der Waals surface area contributed by atoms with E-state index in [1.54, 1.807) is 0 Å². The van der Waals surface area contributed by atoms with E-state index in [0.29, 0.717) is 16.3 Å². The molecule has 0 aromatic rings. The lowest BCUT2D eigenvalue weighted by Gasteiger charge is -2.06. The van der Waals surface area contributed by atoms with Crippen LogP contribution in [0, 0.1) is 0 Å². The van der Waals surface area contributed by atoms with Gasteiger partial charge in [-0.05, 0) is 0 Å². The summed E-state index contributed by atoms with van der Waals surface area (Å²) in [6.45, 7) is 0. The zero-order valence-electron chi connectivity index (χ0n) is 5.46. The Hall–Kier alpha value is -0.780. The predicted molar refractivity (Wildman–Crippen MR) is 34.3 cm³/mol. The van der Waals surface area contributed by atoms with Gasteiger partial charge in [0, 0.05) is 7.05 Å². The first-order valence-electron chi connectivity index (χ1n) is 2.27. The molecule has 0 saturated carbocycles.